The van der Waals surface area contributed by atoms with Gasteiger partial charge in [-0.15, -0.1) is 0 Å². The smallest absolute Gasteiger partial charge is 0.226 e. The normalized spacial score (nSPS) is 41.2. The lowest BCUT2D eigenvalue weighted by Gasteiger charge is -2.56. The molecule has 0 spiro atoms. The van der Waals surface area contributed by atoms with E-state index in [2.05, 4.69) is 5.32 Å². The molecule has 0 aromatic carbocycles. The summed E-state index contributed by atoms with van der Waals surface area (Å²) in [6.07, 6.45) is 10.1. The van der Waals surface area contributed by atoms with Crippen LogP contribution < -0.4 is 5.32 Å². The Balaban J connectivity index is 1.38. The number of nitrogens with zero attached hydrogens (tertiary/aromatic N) is 1. The second kappa shape index (κ2) is 5.45. The van der Waals surface area contributed by atoms with Crippen molar-refractivity contribution in [2.45, 2.75) is 57.4 Å². The lowest BCUT2D eigenvalue weighted by molar-refractivity contribution is -0.147. The van der Waals surface area contributed by atoms with E-state index in [1.165, 1.54) is 29.8 Å². The first-order valence-electron chi connectivity index (χ1n) is 9.10. The summed E-state index contributed by atoms with van der Waals surface area (Å²) < 4.78 is 24.7. The maximum Gasteiger partial charge on any atom is 0.226 e. The van der Waals surface area contributed by atoms with Gasteiger partial charge >= 0.3 is 0 Å². The van der Waals surface area contributed by atoms with Gasteiger partial charge in [-0.1, -0.05) is 0 Å². The van der Waals surface area contributed by atoms with Gasteiger partial charge in [-0.2, -0.15) is 0 Å². The van der Waals surface area contributed by atoms with Crippen LogP contribution in [0.2, 0.25) is 0 Å². The van der Waals surface area contributed by atoms with E-state index in [0.717, 1.165) is 49.9 Å². The van der Waals surface area contributed by atoms with E-state index < -0.39 is 10.0 Å². The molecule has 6 heteroatoms. The molecule has 1 N–H and O–H groups in total. The predicted octanol–water partition coefficient (Wildman–Crippen LogP) is 1.74. The minimum absolute atomic E-state index is 0.0945. The molecular weight excluding hydrogens is 312 g/mol. The van der Waals surface area contributed by atoms with Crippen LogP contribution in [0.5, 0.6) is 0 Å². The Labute approximate surface area is 139 Å². The zero-order valence-electron chi connectivity index (χ0n) is 14.0. The van der Waals surface area contributed by atoms with Gasteiger partial charge in [0.1, 0.15) is 0 Å². The van der Waals surface area contributed by atoms with Gasteiger partial charge in [0.05, 0.1) is 6.26 Å². The second-order valence-corrected chi connectivity index (χ2v) is 10.6. The third kappa shape index (κ3) is 2.93. The number of piperidine rings is 1. The molecule has 5 aliphatic rings. The van der Waals surface area contributed by atoms with E-state index in [1.54, 1.807) is 0 Å². The van der Waals surface area contributed by atoms with E-state index in [1.807, 2.05) is 0 Å². The van der Waals surface area contributed by atoms with Crippen LogP contribution in [-0.4, -0.2) is 44.0 Å². The van der Waals surface area contributed by atoms with Crippen LogP contribution in [0.4, 0.5) is 0 Å². The number of carbonyl (C=O) groups is 1. The van der Waals surface area contributed by atoms with Crippen LogP contribution in [0.1, 0.15) is 51.4 Å². The zero-order chi connectivity index (χ0) is 16.2. The largest absolute Gasteiger partial charge is 0.353 e. The number of hydrogen-bond acceptors (Lipinski definition) is 3. The Morgan fingerprint density at radius 2 is 1.48 bits per heavy atom. The van der Waals surface area contributed by atoms with Crippen molar-refractivity contribution in [2.75, 3.05) is 19.3 Å². The van der Waals surface area contributed by atoms with Gasteiger partial charge in [0.2, 0.25) is 15.9 Å². The fourth-order valence-corrected chi connectivity index (χ4v) is 6.93. The van der Waals surface area contributed by atoms with Crippen molar-refractivity contribution < 1.29 is 13.2 Å². The Bertz CT molecular complexity index is 558. The average Bonchev–Trinajstić information content (AvgIpc) is 2.45. The molecule has 130 valence electrons. The van der Waals surface area contributed by atoms with Gasteiger partial charge in [-0.25, -0.2) is 12.7 Å². The summed E-state index contributed by atoms with van der Waals surface area (Å²) >= 11 is 0. The molecule has 5 fully saturated rings. The summed E-state index contributed by atoms with van der Waals surface area (Å²) in [5.41, 5.74) is -0.0945. The minimum atomic E-state index is -3.09. The Morgan fingerprint density at radius 3 is 1.91 bits per heavy atom. The Kier molecular flexibility index (Phi) is 3.76. The lowest BCUT2D eigenvalue weighted by atomic mass is 9.49. The fourth-order valence-electron chi connectivity index (χ4n) is 6.06. The molecule has 1 aliphatic heterocycles. The van der Waals surface area contributed by atoms with Gasteiger partial charge in [0.15, 0.2) is 0 Å². The maximum absolute atomic E-state index is 13.0. The first-order chi connectivity index (χ1) is 10.8. The number of rotatable bonds is 3. The molecule has 23 heavy (non-hydrogen) atoms. The van der Waals surface area contributed by atoms with Crippen molar-refractivity contribution in [1.82, 2.24) is 9.62 Å². The number of sulfonamides is 1. The standard InChI is InChI=1S/C17H28N2O3S/c1-23(21,22)19-4-2-15(3-5-19)18-16(20)17-9-12-6-13(10-17)8-14(7-12)11-17/h12-15H,2-11H2,1H3,(H,18,20). The highest BCUT2D eigenvalue weighted by molar-refractivity contribution is 7.88. The van der Waals surface area contributed by atoms with E-state index in [4.69, 9.17) is 0 Å². The van der Waals surface area contributed by atoms with Gasteiger partial charge in [-0.05, 0) is 69.1 Å². The molecule has 5 rings (SSSR count). The summed E-state index contributed by atoms with van der Waals surface area (Å²) in [4.78, 5) is 13.0. The molecule has 4 saturated carbocycles. The van der Waals surface area contributed by atoms with E-state index in [0.29, 0.717) is 13.1 Å². The highest BCUT2D eigenvalue weighted by Gasteiger charge is 2.54. The Hall–Kier alpha value is -0.620. The van der Waals surface area contributed by atoms with E-state index in [-0.39, 0.29) is 17.4 Å². The summed E-state index contributed by atoms with van der Waals surface area (Å²) in [6, 6.07) is 0.147. The van der Waals surface area contributed by atoms with Crippen LogP contribution in [-0.2, 0) is 14.8 Å². The van der Waals surface area contributed by atoms with Crippen LogP contribution >= 0.6 is 0 Å². The molecular formula is C17H28N2O3S. The average molecular weight is 340 g/mol. The van der Waals surface area contributed by atoms with Gasteiger partial charge in [0.25, 0.3) is 0 Å². The molecule has 0 aromatic heterocycles. The monoisotopic (exact) mass is 340 g/mol. The third-order valence-corrected chi connectivity index (χ3v) is 8.08. The van der Waals surface area contributed by atoms with Gasteiger partial charge < -0.3 is 5.32 Å². The quantitative estimate of drug-likeness (QED) is 0.851. The van der Waals surface area contributed by atoms with E-state index >= 15 is 0 Å². The topological polar surface area (TPSA) is 66.5 Å². The number of hydrogen-bond donors (Lipinski definition) is 1. The number of carbonyl (C=O) groups excluding carboxylic acids is 1. The summed E-state index contributed by atoms with van der Waals surface area (Å²) in [5, 5.41) is 3.29. The Morgan fingerprint density at radius 1 is 1.00 bits per heavy atom. The summed E-state index contributed by atoms with van der Waals surface area (Å²) in [5.74, 6) is 2.60. The maximum atomic E-state index is 13.0. The second-order valence-electron chi connectivity index (χ2n) is 8.61. The molecule has 0 aromatic rings. The molecule has 0 unspecified atom stereocenters. The minimum Gasteiger partial charge on any atom is -0.353 e. The number of amides is 1. The molecule has 1 amide bonds. The van der Waals surface area contributed by atoms with Crippen molar-refractivity contribution in [3.05, 3.63) is 0 Å². The highest BCUT2D eigenvalue weighted by Crippen LogP contribution is 2.60. The van der Waals surface area contributed by atoms with Gasteiger partial charge in [-0.3, -0.25) is 4.79 Å². The molecule has 1 heterocycles. The highest BCUT2D eigenvalue weighted by atomic mass is 32.2. The molecule has 0 atom stereocenters. The van der Waals surface area contributed by atoms with Crippen LogP contribution in [0, 0.1) is 23.2 Å². The van der Waals surface area contributed by atoms with Crippen molar-refractivity contribution in [3.63, 3.8) is 0 Å². The summed E-state index contributed by atoms with van der Waals surface area (Å²) in [7, 11) is -3.09. The lowest BCUT2D eigenvalue weighted by Crippen LogP contribution is -2.56. The first kappa shape index (κ1) is 15.9. The van der Waals surface area contributed by atoms with Crippen molar-refractivity contribution in [3.8, 4) is 0 Å². The third-order valence-electron chi connectivity index (χ3n) is 6.78. The van der Waals surface area contributed by atoms with Crippen molar-refractivity contribution in [2.24, 2.45) is 23.2 Å². The SMILES string of the molecule is CS(=O)(=O)N1CCC(NC(=O)C23CC4CC(CC(C4)C2)C3)CC1. The summed E-state index contributed by atoms with van der Waals surface area (Å²) in [6.45, 7) is 1.06. The molecule has 4 aliphatic carbocycles. The first-order valence-corrected chi connectivity index (χ1v) is 10.9. The molecule has 4 bridgehead atoms. The van der Waals surface area contributed by atoms with Crippen LogP contribution in [0.25, 0.3) is 0 Å². The molecule has 1 saturated heterocycles. The molecule has 0 radical (unpaired) electrons. The molecule has 5 nitrogen and oxygen atoms in total. The van der Waals surface area contributed by atoms with Crippen molar-refractivity contribution in [1.29, 1.82) is 0 Å². The van der Waals surface area contributed by atoms with Crippen LogP contribution in [0.15, 0.2) is 0 Å². The van der Waals surface area contributed by atoms with E-state index in [9.17, 15) is 13.2 Å². The van der Waals surface area contributed by atoms with Gasteiger partial charge in [0, 0.05) is 24.5 Å². The zero-order valence-corrected chi connectivity index (χ0v) is 14.8. The number of nitrogens with one attached hydrogen (secondary N) is 1. The predicted molar refractivity (Wildman–Crippen MR) is 88.2 cm³/mol. The fraction of sp³-hybridized carbons (Fsp3) is 0.941. The van der Waals surface area contributed by atoms with Crippen LogP contribution in [0.3, 0.4) is 0 Å². The van der Waals surface area contributed by atoms with Crippen molar-refractivity contribution >= 4 is 15.9 Å².